The number of halogens is 1. The summed E-state index contributed by atoms with van der Waals surface area (Å²) in [6.07, 6.45) is 3.55. The van der Waals surface area contributed by atoms with Crippen LogP contribution in [0.2, 0.25) is 5.02 Å². The van der Waals surface area contributed by atoms with Gasteiger partial charge in [-0.15, -0.1) is 0 Å². The molecule has 1 fully saturated rings. The normalized spacial score (nSPS) is 15.3. The Hall–Kier alpha value is -1.90. The lowest BCUT2D eigenvalue weighted by Gasteiger charge is -2.21. The minimum atomic E-state index is -3.83. The number of likely N-dealkylation sites (N-methyl/N-ethyl adjacent to an activating group) is 1. The van der Waals surface area contributed by atoms with E-state index in [0.29, 0.717) is 26.2 Å². The van der Waals surface area contributed by atoms with Crippen LogP contribution in [0.15, 0.2) is 35.2 Å². The summed E-state index contributed by atoms with van der Waals surface area (Å²) < 4.78 is 32.6. The summed E-state index contributed by atoms with van der Waals surface area (Å²) in [6, 6.07) is 3.98. The van der Waals surface area contributed by atoms with Crippen molar-refractivity contribution >= 4 is 33.5 Å². The van der Waals surface area contributed by atoms with E-state index < -0.39 is 22.6 Å². The molecule has 0 radical (unpaired) electrons. The molecule has 2 rings (SSSR count). The third-order valence-electron chi connectivity index (χ3n) is 4.87. The van der Waals surface area contributed by atoms with Gasteiger partial charge in [0.2, 0.25) is 10.0 Å². The number of hydrogen-bond donors (Lipinski definition) is 0. The van der Waals surface area contributed by atoms with Crippen molar-refractivity contribution in [1.82, 2.24) is 9.21 Å². The molecule has 0 bridgehead atoms. The molecule has 0 N–H and O–H groups in total. The minimum Gasteiger partial charge on any atom is -0.452 e. The summed E-state index contributed by atoms with van der Waals surface area (Å²) in [5.41, 5.74) is 0.848. The number of rotatable bonds is 8. The minimum absolute atomic E-state index is 0.0311. The van der Waals surface area contributed by atoms with Gasteiger partial charge in [0.1, 0.15) is 4.90 Å². The van der Waals surface area contributed by atoms with Crippen LogP contribution in [0.4, 0.5) is 0 Å². The number of ether oxygens (including phenoxy) is 1. The highest BCUT2D eigenvalue weighted by atomic mass is 35.5. The molecule has 1 aliphatic heterocycles. The van der Waals surface area contributed by atoms with Crippen molar-refractivity contribution in [3.63, 3.8) is 0 Å². The molecule has 7 nitrogen and oxygen atoms in total. The van der Waals surface area contributed by atoms with Gasteiger partial charge >= 0.3 is 5.97 Å². The summed E-state index contributed by atoms with van der Waals surface area (Å²) in [5.74, 6) is -1.13. The maximum Gasteiger partial charge on any atom is 0.338 e. The van der Waals surface area contributed by atoms with Crippen molar-refractivity contribution in [3.8, 4) is 0 Å². The second kappa shape index (κ2) is 10.9. The van der Waals surface area contributed by atoms with Crippen LogP contribution < -0.4 is 0 Å². The maximum absolute atomic E-state index is 13.1. The number of carbonyl (C=O) groups is 2. The lowest BCUT2D eigenvalue weighted by molar-refractivity contribution is -0.133. The summed E-state index contributed by atoms with van der Waals surface area (Å²) in [5, 5.41) is 0.0467. The van der Waals surface area contributed by atoms with Gasteiger partial charge in [-0.25, -0.2) is 13.2 Å². The molecule has 1 aliphatic rings. The van der Waals surface area contributed by atoms with Gasteiger partial charge in [-0.05, 0) is 44.9 Å². The topological polar surface area (TPSA) is 84.0 Å². The fourth-order valence-corrected chi connectivity index (χ4v) is 5.27. The Bertz CT molecular complexity index is 893. The van der Waals surface area contributed by atoms with Crippen molar-refractivity contribution in [2.45, 2.75) is 44.4 Å². The van der Waals surface area contributed by atoms with Gasteiger partial charge in [-0.2, -0.15) is 4.31 Å². The van der Waals surface area contributed by atoms with Crippen LogP contribution in [0, 0.1) is 0 Å². The first-order valence-corrected chi connectivity index (χ1v) is 11.9. The smallest absolute Gasteiger partial charge is 0.338 e. The first-order chi connectivity index (χ1) is 14.2. The SMILES string of the molecule is C=C(C)CN(CC)C(=O)COC(=O)c1ccc(Cl)c(S(=O)(=O)N2CCCCCC2)c1. The fourth-order valence-electron chi connectivity index (χ4n) is 3.25. The molecule has 9 heteroatoms. The zero-order chi connectivity index (χ0) is 22.3. The number of benzene rings is 1. The van der Waals surface area contributed by atoms with Gasteiger partial charge in [0.15, 0.2) is 6.61 Å². The Morgan fingerprint density at radius 2 is 1.83 bits per heavy atom. The number of hydrogen-bond acceptors (Lipinski definition) is 5. The molecule has 1 saturated heterocycles. The van der Waals surface area contributed by atoms with Crippen LogP contribution in [0.25, 0.3) is 0 Å². The largest absolute Gasteiger partial charge is 0.452 e. The van der Waals surface area contributed by atoms with Gasteiger partial charge in [-0.3, -0.25) is 4.79 Å². The zero-order valence-corrected chi connectivity index (χ0v) is 19.1. The summed E-state index contributed by atoms with van der Waals surface area (Å²) >= 11 is 6.15. The molecular formula is C21H29ClN2O5S. The van der Waals surface area contributed by atoms with Crippen LogP contribution in [0.3, 0.4) is 0 Å². The first-order valence-electron chi connectivity index (χ1n) is 10.1. The van der Waals surface area contributed by atoms with Crippen molar-refractivity contribution in [1.29, 1.82) is 0 Å². The van der Waals surface area contributed by atoms with Crippen LogP contribution in [-0.2, 0) is 19.6 Å². The molecule has 1 aromatic carbocycles. The van der Waals surface area contributed by atoms with Crippen molar-refractivity contribution < 1.29 is 22.7 Å². The predicted octanol–water partition coefficient (Wildman–Crippen LogP) is 3.49. The van der Waals surface area contributed by atoms with E-state index in [1.54, 1.807) is 0 Å². The van der Waals surface area contributed by atoms with Crippen LogP contribution in [-0.4, -0.2) is 62.3 Å². The lowest BCUT2D eigenvalue weighted by atomic mass is 10.2. The van der Waals surface area contributed by atoms with Crippen LogP contribution >= 0.6 is 11.6 Å². The molecule has 0 aliphatic carbocycles. The Labute approximate surface area is 183 Å². The number of carbonyl (C=O) groups excluding carboxylic acids is 2. The van der Waals surface area contributed by atoms with Crippen molar-refractivity contribution in [2.24, 2.45) is 0 Å². The molecule has 0 aromatic heterocycles. The lowest BCUT2D eigenvalue weighted by Crippen LogP contribution is -2.35. The second-order valence-corrected chi connectivity index (χ2v) is 9.72. The fraction of sp³-hybridized carbons (Fsp3) is 0.524. The number of sulfonamides is 1. The Balaban J connectivity index is 2.14. The highest BCUT2D eigenvalue weighted by Crippen LogP contribution is 2.28. The maximum atomic E-state index is 13.1. The van der Waals surface area contributed by atoms with E-state index >= 15 is 0 Å². The highest BCUT2D eigenvalue weighted by molar-refractivity contribution is 7.89. The van der Waals surface area contributed by atoms with Gasteiger partial charge < -0.3 is 9.64 Å². The first kappa shape index (κ1) is 24.4. The predicted molar refractivity (Wildman–Crippen MR) is 116 cm³/mol. The van der Waals surface area contributed by atoms with Gasteiger partial charge in [0.25, 0.3) is 5.91 Å². The number of nitrogens with zero attached hydrogens (tertiary/aromatic N) is 2. The molecule has 0 unspecified atom stereocenters. The Morgan fingerprint density at radius 3 is 2.40 bits per heavy atom. The monoisotopic (exact) mass is 456 g/mol. The molecule has 1 aromatic rings. The molecular weight excluding hydrogens is 428 g/mol. The molecule has 1 heterocycles. The average molecular weight is 457 g/mol. The van der Waals surface area contributed by atoms with Gasteiger partial charge in [-0.1, -0.05) is 36.6 Å². The van der Waals surface area contributed by atoms with Crippen molar-refractivity contribution in [3.05, 3.63) is 40.9 Å². The van der Waals surface area contributed by atoms with Crippen molar-refractivity contribution in [2.75, 3.05) is 32.8 Å². The summed E-state index contributed by atoms with van der Waals surface area (Å²) in [7, 11) is -3.83. The molecule has 0 atom stereocenters. The number of esters is 1. The van der Waals surface area contributed by atoms with E-state index in [-0.39, 0.29) is 21.4 Å². The van der Waals surface area contributed by atoms with E-state index in [0.717, 1.165) is 31.3 Å². The molecule has 30 heavy (non-hydrogen) atoms. The summed E-state index contributed by atoms with van der Waals surface area (Å²) in [6.45, 7) is 8.67. The third-order valence-corrected chi connectivity index (χ3v) is 7.25. The highest BCUT2D eigenvalue weighted by Gasteiger charge is 2.28. The molecule has 166 valence electrons. The second-order valence-electron chi connectivity index (χ2n) is 7.40. The summed E-state index contributed by atoms with van der Waals surface area (Å²) in [4.78, 5) is 26.1. The Morgan fingerprint density at radius 1 is 1.20 bits per heavy atom. The van der Waals surface area contributed by atoms with Gasteiger partial charge in [0.05, 0.1) is 10.6 Å². The quantitative estimate of drug-likeness (QED) is 0.441. The van der Waals surface area contributed by atoms with E-state index in [1.807, 2.05) is 13.8 Å². The van der Waals surface area contributed by atoms with Crippen LogP contribution in [0.1, 0.15) is 49.9 Å². The zero-order valence-electron chi connectivity index (χ0n) is 17.5. The van der Waals surface area contributed by atoms with E-state index in [1.165, 1.54) is 27.4 Å². The van der Waals surface area contributed by atoms with Gasteiger partial charge in [0, 0.05) is 26.2 Å². The third kappa shape index (κ3) is 6.30. The van der Waals surface area contributed by atoms with E-state index in [9.17, 15) is 18.0 Å². The molecule has 1 amide bonds. The standard InChI is InChI=1S/C21H29ClN2O5S/c1-4-23(14-16(2)3)20(25)15-29-21(26)17-9-10-18(22)19(13-17)30(27,28)24-11-7-5-6-8-12-24/h9-10,13H,2,4-8,11-12,14-15H2,1,3H3. The Kier molecular flexibility index (Phi) is 8.88. The van der Waals surface area contributed by atoms with E-state index in [4.69, 9.17) is 16.3 Å². The van der Waals surface area contributed by atoms with Crippen LogP contribution in [0.5, 0.6) is 0 Å². The number of amides is 1. The molecule has 0 spiro atoms. The van der Waals surface area contributed by atoms with E-state index in [2.05, 4.69) is 6.58 Å². The molecule has 0 saturated carbocycles. The average Bonchev–Trinajstić information content (AvgIpc) is 3.00.